The maximum atomic E-state index is 13.3. The van der Waals surface area contributed by atoms with E-state index in [1.165, 1.54) is 23.5 Å². The Morgan fingerprint density at radius 1 is 1.24 bits per heavy atom. The quantitative estimate of drug-likeness (QED) is 0.719. The molecule has 0 radical (unpaired) electrons. The van der Waals surface area contributed by atoms with E-state index in [2.05, 4.69) is 9.88 Å². The number of hydrogen-bond acceptors (Lipinski definition) is 5. The Bertz CT molecular complexity index is 878. The zero-order valence-electron chi connectivity index (χ0n) is 13.7. The molecule has 4 rings (SSSR count). The number of carbonyl (C=O) groups excluding carboxylic acids is 1. The van der Waals surface area contributed by atoms with Gasteiger partial charge in [-0.25, -0.2) is 9.37 Å². The number of thiophene rings is 1. The van der Waals surface area contributed by atoms with Crippen molar-refractivity contribution in [3.8, 4) is 0 Å². The fourth-order valence-electron chi connectivity index (χ4n) is 3.09. The number of oxazole rings is 1. The molecule has 0 N–H and O–H groups in total. The molecular weight excluding hydrogens is 341 g/mol. The molecule has 7 heteroatoms. The molecule has 3 aromatic rings. The molecule has 130 valence electrons. The summed E-state index contributed by atoms with van der Waals surface area (Å²) in [6, 6.07) is 8.14. The van der Waals surface area contributed by atoms with Gasteiger partial charge in [-0.2, -0.15) is 0 Å². The van der Waals surface area contributed by atoms with E-state index in [-0.39, 0.29) is 11.7 Å². The molecule has 2 aromatic heterocycles. The number of amides is 1. The number of nitrogens with zero attached hydrogens (tertiary/aromatic N) is 3. The lowest BCUT2D eigenvalue weighted by molar-refractivity contribution is 0.0765. The molecule has 0 unspecified atom stereocenters. The Morgan fingerprint density at radius 2 is 2.16 bits per heavy atom. The van der Waals surface area contributed by atoms with Crippen LogP contribution in [0.5, 0.6) is 0 Å². The van der Waals surface area contributed by atoms with E-state index in [1.54, 1.807) is 6.07 Å². The predicted octanol–water partition coefficient (Wildman–Crippen LogP) is 3.38. The van der Waals surface area contributed by atoms with Crippen LogP contribution in [0.2, 0.25) is 0 Å². The summed E-state index contributed by atoms with van der Waals surface area (Å²) in [5.74, 6) is 0.362. The highest BCUT2D eigenvalue weighted by molar-refractivity contribution is 7.12. The minimum Gasteiger partial charge on any atom is -0.439 e. The molecule has 0 saturated carbocycles. The first-order valence-corrected chi connectivity index (χ1v) is 9.17. The van der Waals surface area contributed by atoms with E-state index in [1.807, 2.05) is 22.4 Å². The second-order valence-corrected chi connectivity index (χ2v) is 7.07. The van der Waals surface area contributed by atoms with Gasteiger partial charge in [-0.1, -0.05) is 6.07 Å². The van der Waals surface area contributed by atoms with E-state index in [0.717, 1.165) is 30.9 Å². The number of halogens is 1. The van der Waals surface area contributed by atoms with E-state index < -0.39 is 0 Å². The lowest BCUT2D eigenvalue weighted by Crippen LogP contribution is -2.34. The SMILES string of the molecule is O=C(c1cccs1)N1CCCN(Cc2nc3ccc(F)cc3o2)CC1. The maximum absolute atomic E-state index is 13.3. The highest BCUT2D eigenvalue weighted by atomic mass is 32.1. The van der Waals surface area contributed by atoms with Crippen LogP contribution in [-0.2, 0) is 6.54 Å². The maximum Gasteiger partial charge on any atom is 0.263 e. The molecule has 3 heterocycles. The second kappa shape index (κ2) is 6.93. The lowest BCUT2D eigenvalue weighted by Gasteiger charge is -2.20. The topological polar surface area (TPSA) is 49.6 Å². The monoisotopic (exact) mass is 359 g/mol. The minimum atomic E-state index is -0.326. The van der Waals surface area contributed by atoms with Crippen molar-refractivity contribution in [1.29, 1.82) is 0 Å². The fourth-order valence-corrected chi connectivity index (χ4v) is 3.78. The summed E-state index contributed by atoms with van der Waals surface area (Å²) in [6.45, 7) is 3.65. The van der Waals surface area contributed by atoms with Gasteiger partial charge in [-0.15, -0.1) is 11.3 Å². The first-order chi connectivity index (χ1) is 12.2. The summed E-state index contributed by atoms with van der Waals surface area (Å²) < 4.78 is 18.9. The first kappa shape index (κ1) is 16.2. The summed E-state index contributed by atoms with van der Waals surface area (Å²) >= 11 is 1.48. The Labute approximate surface area is 148 Å². The lowest BCUT2D eigenvalue weighted by atomic mass is 10.3. The van der Waals surface area contributed by atoms with Crippen molar-refractivity contribution < 1.29 is 13.6 Å². The van der Waals surface area contributed by atoms with Gasteiger partial charge in [0, 0.05) is 32.2 Å². The second-order valence-electron chi connectivity index (χ2n) is 6.12. The number of fused-ring (bicyclic) bond motifs is 1. The van der Waals surface area contributed by atoms with Gasteiger partial charge in [0.1, 0.15) is 11.3 Å². The van der Waals surface area contributed by atoms with Crippen LogP contribution in [0, 0.1) is 5.82 Å². The van der Waals surface area contributed by atoms with E-state index >= 15 is 0 Å². The van der Waals surface area contributed by atoms with Gasteiger partial charge in [0.25, 0.3) is 5.91 Å². The van der Waals surface area contributed by atoms with Crippen molar-refractivity contribution in [2.24, 2.45) is 0 Å². The van der Waals surface area contributed by atoms with E-state index in [4.69, 9.17) is 4.42 Å². The molecular formula is C18H18FN3O2S. The third-order valence-electron chi connectivity index (χ3n) is 4.36. The van der Waals surface area contributed by atoms with Gasteiger partial charge in [0.15, 0.2) is 5.58 Å². The standard InChI is InChI=1S/C18H18FN3O2S/c19-13-4-5-14-15(11-13)24-17(20-14)12-21-6-2-7-22(9-8-21)18(23)16-3-1-10-25-16/h1,3-5,10-11H,2,6-9,12H2. The van der Waals surface area contributed by atoms with Crippen LogP contribution >= 0.6 is 11.3 Å². The number of aromatic nitrogens is 1. The van der Waals surface area contributed by atoms with Crippen LogP contribution in [-0.4, -0.2) is 46.9 Å². The zero-order valence-corrected chi connectivity index (χ0v) is 14.5. The Balaban J connectivity index is 1.41. The molecule has 0 bridgehead atoms. The van der Waals surface area contributed by atoms with Gasteiger partial charge in [-0.3, -0.25) is 9.69 Å². The van der Waals surface area contributed by atoms with Crippen molar-refractivity contribution in [2.75, 3.05) is 26.2 Å². The number of rotatable bonds is 3. The van der Waals surface area contributed by atoms with Crippen molar-refractivity contribution in [2.45, 2.75) is 13.0 Å². The Kier molecular flexibility index (Phi) is 4.50. The van der Waals surface area contributed by atoms with E-state index in [0.29, 0.717) is 30.1 Å². The number of carbonyl (C=O) groups is 1. The van der Waals surface area contributed by atoms with Crippen LogP contribution in [0.3, 0.4) is 0 Å². The van der Waals surface area contributed by atoms with Gasteiger partial charge < -0.3 is 9.32 Å². The highest BCUT2D eigenvalue weighted by Gasteiger charge is 2.22. The molecule has 5 nitrogen and oxygen atoms in total. The molecule has 1 amide bonds. The Morgan fingerprint density at radius 3 is 3.00 bits per heavy atom. The number of hydrogen-bond donors (Lipinski definition) is 0. The third-order valence-corrected chi connectivity index (χ3v) is 5.22. The normalized spacial score (nSPS) is 16.3. The molecule has 1 saturated heterocycles. The highest BCUT2D eigenvalue weighted by Crippen LogP contribution is 2.19. The van der Waals surface area contributed by atoms with Gasteiger partial charge >= 0.3 is 0 Å². The first-order valence-electron chi connectivity index (χ1n) is 8.29. The van der Waals surface area contributed by atoms with E-state index in [9.17, 15) is 9.18 Å². The van der Waals surface area contributed by atoms with Crippen LogP contribution < -0.4 is 0 Å². The largest absolute Gasteiger partial charge is 0.439 e. The Hall–Kier alpha value is -2.25. The molecule has 0 atom stereocenters. The number of benzene rings is 1. The van der Waals surface area contributed by atoms with Gasteiger partial charge in [0.05, 0.1) is 11.4 Å². The smallest absolute Gasteiger partial charge is 0.263 e. The fraction of sp³-hybridized carbons (Fsp3) is 0.333. The molecule has 1 aliphatic heterocycles. The molecule has 0 aliphatic carbocycles. The molecule has 0 spiro atoms. The van der Waals surface area contributed by atoms with Crippen LogP contribution in [0.15, 0.2) is 40.1 Å². The average Bonchev–Trinajstić information content (AvgIpc) is 3.20. The van der Waals surface area contributed by atoms with Crippen molar-refractivity contribution >= 4 is 28.3 Å². The summed E-state index contributed by atoms with van der Waals surface area (Å²) in [4.78, 5) is 21.8. The summed E-state index contributed by atoms with van der Waals surface area (Å²) in [5.41, 5.74) is 1.14. The molecule has 1 aromatic carbocycles. The average molecular weight is 359 g/mol. The summed E-state index contributed by atoms with van der Waals surface area (Å²) in [5, 5.41) is 1.92. The minimum absolute atomic E-state index is 0.106. The van der Waals surface area contributed by atoms with Gasteiger partial charge in [0.2, 0.25) is 5.89 Å². The summed E-state index contributed by atoms with van der Waals surface area (Å²) in [6.07, 6.45) is 0.909. The van der Waals surface area contributed by atoms with Crippen LogP contribution in [0.25, 0.3) is 11.1 Å². The van der Waals surface area contributed by atoms with Crippen LogP contribution in [0.4, 0.5) is 4.39 Å². The van der Waals surface area contributed by atoms with Crippen molar-refractivity contribution in [3.05, 3.63) is 52.3 Å². The summed E-state index contributed by atoms with van der Waals surface area (Å²) in [7, 11) is 0. The van der Waals surface area contributed by atoms with Crippen molar-refractivity contribution in [3.63, 3.8) is 0 Å². The molecule has 1 aliphatic rings. The third kappa shape index (κ3) is 3.57. The zero-order chi connectivity index (χ0) is 17.2. The van der Waals surface area contributed by atoms with Crippen LogP contribution in [0.1, 0.15) is 22.0 Å². The predicted molar refractivity (Wildman–Crippen MR) is 94.1 cm³/mol. The van der Waals surface area contributed by atoms with Gasteiger partial charge in [-0.05, 0) is 30.0 Å². The van der Waals surface area contributed by atoms with Crippen molar-refractivity contribution in [1.82, 2.24) is 14.8 Å². The molecule has 1 fully saturated rings. The molecule has 25 heavy (non-hydrogen) atoms.